The van der Waals surface area contributed by atoms with Crippen molar-refractivity contribution < 1.29 is 109 Å². The van der Waals surface area contributed by atoms with E-state index in [0.29, 0.717) is 197 Å². The number of esters is 3. The van der Waals surface area contributed by atoms with Gasteiger partial charge in [-0.25, -0.2) is 6.57 Å². The Morgan fingerprint density at radius 3 is 1.21 bits per heavy atom. The van der Waals surface area contributed by atoms with Gasteiger partial charge in [-0.3, -0.25) is 28.8 Å². The number of hydrogen-bond acceptors (Lipinski definition) is 23. The lowest BCUT2D eigenvalue weighted by Crippen LogP contribution is -2.66. The van der Waals surface area contributed by atoms with E-state index in [1.807, 2.05) is 20.8 Å². The lowest BCUT2D eigenvalue weighted by Gasteiger charge is -2.44. The van der Waals surface area contributed by atoms with E-state index in [9.17, 15) is 28.8 Å². The van der Waals surface area contributed by atoms with Gasteiger partial charge < -0.3 is 90.7 Å². The van der Waals surface area contributed by atoms with Gasteiger partial charge in [-0.05, 0) is 19.3 Å². The van der Waals surface area contributed by atoms with Gasteiger partial charge >= 0.3 is 17.9 Å². The van der Waals surface area contributed by atoms with Crippen LogP contribution in [0.1, 0.15) is 106 Å². The van der Waals surface area contributed by atoms with Crippen LogP contribution in [0, 0.1) is 12.5 Å². The molecule has 0 aliphatic carbocycles. The van der Waals surface area contributed by atoms with Gasteiger partial charge in [0.1, 0.15) is 18.4 Å². The molecular weight excluding hydrogens is 1060 g/mol. The number of ether oxygens (including phenoxy) is 17. The summed E-state index contributed by atoms with van der Waals surface area (Å²) in [5.74, 6) is -2.33. The second-order valence-electron chi connectivity index (χ2n) is 19.0. The Morgan fingerprint density at radius 2 is 0.825 bits per heavy atom. The molecule has 6 atom stereocenters. The number of ketones is 2. The predicted molar refractivity (Wildman–Crippen MR) is 286 cm³/mol. The second kappa shape index (κ2) is 49.7. The first-order chi connectivity index (χ1) is 38.6. The maximum absolute atomic E-state index is 12.3. The average molecular weight is 1150 g/mol. The fraction of sp³-hybridized carbons (Fsp3) is 0.873. The number of unbranched alkanes of at least 4 members (excludes halogenated alkanes) is 3. The van der Waals surface area contributed by atoms with Crippen molar-refractivity contribution >= 4 is 35.4 Å². The van der Waals surface area contributed by atoms with E-state index in [1.54, 1.807) is 0 Å². The van der Waals surface area contributed by atoms with Crippen LogP contribution in [0.5, 0.6) is 0 Å². The molecule has 0 aromatic carbocycles. The summed E-state index contributed by atoms with van der Waals surface area (Å²) in [6.45, 7) is 28.2. The molecule has 25 heteroatoms. The van der Waals surface area contributed by atoms with Crippen molar-refractivity contribution in [2.24, 2.45) is 5.92 Å². The molecule has 0 bridgehead atoms. The van der Waals surface area contributed by atoms with Crippen molar-refractivity contribution in [2.45, 2.75) is 143 Å². The number of amides is 1. The molecule has 1 aliphatic heterocycles. The number of nitrogens with one attached hydrogen (secondary N) is 1. The van der Waals surface area contributed by atoms with Crippen molar-refractivity contribution in [1.82, 2.24) is 5.32 Å². The van der Waals surface area contributed by atoms with Gasteiger partial charge in [-0.2, -0.15) is 0 Å². The first kappa shape index (κ1) is 74.2. The fourth-order valence-corrected chi connectivity index (χ4v) is 7.26. The van der Waals surface area contributed by atoms with Gasteiger partial charge in [0.05, 0.1) is 145 Å². The molecule has 1 rings (SSSR count). The monoisotopic (exact) mass is 1150 g/mol. The highest BCUT2D eigenvalue weighted by atomic mass is 16.8. The molecule has 0 spiro atoms. The summed E-state index contributed by atoms with van der Waals surface area (Å²) in [6.07, 6.45) is -0.118. The Morgan fingerprint density at radius 1 is 0.450 bits per heavy atom. The van der Waals surface area contributed by atoms with E-state index in [0.717, 1.165) is 27.2 Å². The fourth-order valence-electron chi connectivity index (χ4n) is 7.26. The van der Waals surface area contributed by atoms with Crippen molar-refractivity contribution in [3.63, 3.8) is 0 Å². The van der Waals surface area contributed by atoms with Crippen LogP contribution in [-0.4, -0.2) is 237 Å². The van der Waals surface area contributed by atoms with Crippen molar-refractivity contribution in [3.8, 4) is 0 Å². The van der Waals surface area contributed by atoms with E-state index in [1.165, 1.54) is 6.92 Å². The summed E-state index contributed by atoms with van der Waals surface area (Å²) in [7, 11) is 0. The van der Waals surface area contributed by atoms with Crippen LogP contribution >= 0.6 is 0 Å². The zero-order chi connectivity index (χ0) is 58.9. The van der Waals surface area contributed by atoms with E-state index >= 15 is 0 Å². The molecule has 25 nitrogen and oxygen atoms in total. The van der Waals surface area contributed by atoms with Gasteiger partial charge in [-0.15, -0.1) is 0 Å². The zero-order valence-electron chi connectivity index (χ0n) is 48.8. The topological polar surface area (TPSA) is 276 Å². The lowest BCUT2D eigenvalue weighted by atomic mass is 9.84. The number of carbonyl (C=O) groups is 6. The number of carbonyl (C=O) groups excluding carboxylic acids is 6. The molecule has 0 saturated carbocycles. The largest absolute Gasteiger partial charge is 0.456 e. The van der Waals surface area contributed by atoms with E-state index in [-0.39, 0.29) is 37.3 Å². The molecule has 0 aromatic rings. The Bertz CT molecular complexity index is 1670. The van der Waals surface area contributed by atoms with Gasteiger partial charge in [-0.1, -0.05) is 26.7 Å². The van der Waals surface area contributed by atoms with Crippen LogP contribution in [-0.2, 0) is 109 Å². The summed E-state index contributed by atoms with van der Waals surface area (Å²) in [6, 6.07) is -1.08. The van der Waals surface area contributed by atoms with Gasteiger partial charge in [0.15, 0.2) is 18.2 Å². The first-order valence-corrected chi connectivity index (χ1v) is 28.0. The van der Waals surface area contributed by atoms with Gasteiger partial charge in [0.2, 0.25) is 23.8 Å². The summed E-state index contributed by atoms with van der Waals surface area (Å²) in [4.78, 5) is 75.8. The van der Waals surface area contributed by atoms with E-state index < -0.39 is 60.2 Å². The minimum absolute atomic E-state index is 0.00861. The number of rotatable bonds is 55. The second-order valence-corrected chi connectivity index (χ2v) is 19.0. The number of Topliss-reactive ketones (excluding diaryl/α,β-unsaturated/α-hetero) is 2. The maximum atomic E-state index is 12.3. The highest BCUT2D eigenvalue weighted by Gasteiger charge is 2.52. The highest BCUT2D eigenvalue weighted by Crippen LogP contribution is 2.29. The van der Waals surface area contributed by atoms with Crippen molar-refractivity contribution in [2.75, 3.05) is 165 Å². The number of nitrogens with zero attached hydrogens (tertiary/aromatic N) is 1. The van der Waals surface area contributed by atoms with Crippen LogP contribution in [0.4, 0.5) is 0 Å². The minimum Gasteiger partial charge on any atom is -0.456 e. The molecule has 1 aliphatic rings. The summed E-state index contributed by atoms with van der Waals surface area (Å²) >= 11 is 0. The molecule has 1 fully saturated rings. The van der Waals surface area contributed by atoms with Gasteiger partial charge in [0.25, 0.3) is 0 Å². The predicted octanol–water partition coefficient (Wildman–Crippen LogP) is 3.80. The molecule has 1 N–H and O–H groups in total. The van der Waals surface area contributed by atoms with Crippen LogP contribution in [0.2, 0.25) is 0 Å². The average Bonchev–Trinajstić information content (AvgIpc) is 3.53. The van der Waals surface area contributed by atoms with Crippen LogP contribution in [0.3, 0.4) is 0 Å². The normalized spacial score (nSPS) is 17.9. The third-order valence-electron chi connectivity index (χ3n) is 11.9. The third kappa shape index (κ3) is 41.2. The molecule has 80 heavy (non-hydrogen) atoms. The maximum Gasteiger partial charge on any atom is 0.305 e. The Kier molecular flexibility index (Phi) is 46.1. The highest BCUT2D eigenvalue weighted by molar-refractivity contribution is 5.79. The molecule has 0 radical (unpaired) electrons. The SMILES string of the molecule is [C-]#[N+]C(C)(CCC(=O)CCCOCCOCCOCCOCCOCCOCCOCCOCCOCCOCCOCCOCC(=O)CCCCCCO[C@@H]1O[C@H](OC(C)=O)[C@H](OC(C)=O)[C@H](OC(C)=O)[C@H]1NC(C)=O)C(C)C. The first-order valence-electron chi connectivity index (χ1n) is 28.0. The zero-order valence-corrected chi connectivity index (χ0v) is 48.8. The standard InChI is InChI=1S/C55H96N2O23/c1-43(2)55(7,56-8)17-16-48(62)15-13-18-64-20-21-65-22-23-66-24-25-67-26-27-68-28-29-69-30-31-70-32-33-71-34-35-72-36-37-73-38-39-74-40-41-75-42-49(63)14-11-9-10-12-19-76-53-50(57-44(3)58)51(77-45(4)59)52(78-46(5)60)54(80-53)79-47(6)61/h43,50-54H,9-42H2,1-7H3,(H,57,58)/t50-,51-,52-,53-,54+,55?/m1/s1. The summed E-state index contributed by atoms with van der Waals surface area (Å²) in [5, 5.41) is 2.62. The van der Waals surface area contributed by atoms with Crippen molar-refractivity contribution in [1.29, 1.82) is 0 Å². The van der Waals surface area contributed by atoms with Crippen LogP contribution in [0.25, 0.3) is 4.85 Å². The van der Waals surface area contributed by atoms with Crippen LogP contribution in [0.15, 0.2) is 0 Å². The molecular formula is C55H96N2O23. The van der Waals surface area contributed by atoms with Gasteiger partial charge in [0, 0.05) is 79.4 Å². The van der Waals surface area contributed by atoms with Crippen molar-refractivity contribution in [3.05, 3.63) is 11.4 Å². The minimum atomic E-state index is -1.47. The molecule has 1 unspecified atom stereocenters. The molecule has 0 aromatic heterocycles. The smallest absolute Gasteiger partial charge is 0.305 e. The molecule has 1 saturated heterocycles. The van der Waals surface area contributed by atoms with Crippen LogP contribution < -0.4 is 5.32 Å². The summed E-state index contributed by atoms with van der Waals surface area (Å²) < 4.78 is 93.6. The Hall–Kier alpha value is -3.85. The van der Waals surface area contributed by atoms with E-state index in [4.69, 9.17) is 87.1 Å². The Balaban J connectivity index is 1.84. The quantitative estimate of drug-likeness (QED) is 0.0392. The molecule has 1 heterocycles. The summed E-state index contributed by atoms with van der Waals surface area (Å²) in [5.41, 5.74) is -0.477. The lowest BCUT2D eigenvalue weighted by molar-refractivity contribution is -0.321. The Labute approximate surface area is 473 Å². The molecule has 464 valence electrons. The third-order valence-corrected chi connectivity index (χ3v) is 11.9. The molecule has 1 amide bonds. The van der Waals surface area contributed by atoms with E-state index in [2.05, 4.69) is 10.2 Å². The number of hydrogen-bond donors (Lipinski definition) is 1.